The van der Waals surface area contributed by atoms with Gasteiger partial charge in [-0.25, -0.2) is 9.97 Å². The maximum absolute atomic E-state index is 5.68. The van der Waals surface area contributed by atoms with E-state index in [-0.39, 0.29) is 0 Å². The maximum Gasteiger partial charge on any atom is 0.128 e. The Hall–Kier alpha value is -1.82. The normalized spacial score (nSPS) is 15.3. The molecule has 0 atom stereocenters. The van der Waals surface area contributed by atoms with Crippen molar-refractivity contribution >= 4 is 33.3 Å². The van der Waals surface area contributed by atoms with Crippen LogP contribution in [0.15, 0.2) is 35.1 Å². The van der Waals surface area contributed by atoms with Gasteiger partial charge in [0.2, 0.25) is 0 Å². The molecule has 0 spiro atoms. The molecule has 2 N–H and O–H groups in total. The van der Waals surface area contributed by atoms with Gasteiger partial charge >= 0.3 is 0 Å². The van der Waals surface area contributed by atoms with Crippen LogP contribution in [0.2, 0.25) is 0 Å². The van der Waals surface area contributed by atoms with Crippen LogP contribution in [0.3, 0.4) is 0 Å². The van der Waals surface area contributed by atoms with Crippen LogP contribution in [-0.2, 0) is 0 Å². The number of hydrogen-bond acceptors (Lipinski definition) is 5. The Kier molecular flexibility index (Phi) is 3.96. The summed E-state index contributed by atoms with van der Waals surface area (Å²) >= 11 is 3.49. The van der Waals surface area contributed by atoms with Crippen molar-refractivity contribution in [2.45, 2.75) is 6.92 Å². The number of rotatable bonds is 2. The van der Waals surface area contributed by atoms with E-state index in [1.807, 2.05) is 18.3 Å². The number of hydrogen-bond donors (Lipinski definition) is 1. The number of nitrogens with two attached hydrogens (primary N) is 1. The highest BCUT2D eigenvalue weighted by atomic mass is 79.9. The van der Waals surface area contributed by atoms with Gasteiger partial charge in [-0.05, 0) is 46.6 Å². The Morgan fingerprint density at radius 2 is 1.62 bits per heavy atom. The lowest BCUT2D eigenvalue weighted by Crippen LogP contribution is -2.47. The fraction of sp³-hybridized carbons (Fsp3) is 0.333. The van der Waals surface area contributed by atoms with Gasteiger partial charge in [0.15, 0.2) is 0 Å². The summed E-state index contributed by atoms with van der Waals surface area (Å²) in [5.74, 6) is 2.03. The third kappa shape index (κ3) is 3.10. The smallest absolute Gasteiger partial charge is 0.128 e. The Labute approximate surface area is 132 Å². The van der Waals surface area contributed by atoms with E-state index in [1.54, 1.807) is 6.20 Å². The fourth-order valence-electron chi connectivity index (χ4n) is 2.45. The van der Waals surface area contributed by atoms with E-state index in [0.717, 1.165) is 42.3 Å². The number of nitrogens with zero attached hydrogens (tertiary/aromatic N) is 4. The van der Waals surface area contributed by atoms with Gasteiger partial charge in [-0.1, -0.05) is 0 Å². The van der Waals surface area contributed by atoms with Crippen molar-refractivity contribution in [3.8, 4) is 0 Å². The molecule has 2 aromatic rings. The molecule has 110 valence electrons. The van der Waals surface area contributed by atoms with Crippen LogP contribution in [0.25, 0.3) is 0 Å². The first kappa shape index (κ1) is 14.1. The minimum absolute atomic E-state index is 0.701. The molecular weight excluding hydrogens is 330 g/mol. The average molecular weight is 348 g/mol. The highest BCUT2D eigenvalue weighted by Crippen LogP contribution is 2.22. The Morgan fingerprint density at radius 3 is 2.19 bits per heavy atom. The first-order valence-corrected chi connectivity index (χ1v) is 7.76. The summed E-state index contributed by atoms with van der Waals surface area (Å²) in [6.07, 6.45) is 3.58. The highest BCUT2D eigenvalue weighted by molar-refractivity contribution is 9.10. The molecule has 0 saturated carbocycles. The molecule has 2 aromatic heterocycles. The second-order valence-corrected chi connectivity index (χ2v) is 6.07. The Bertz CT molecular complexity index is 620. The van der Waals surface area contributed by atoms with Crippen molar-refractivity contribution in [3.05, 3.63) is 40.6 Å². The van der Waals surface area contributed by atoms with E-state index >= 15 is 0 Å². The average Bonchev–Trinajstić information content (AvgIpc) is 2.51. The van der Waals surface area contributed by atoms with Crippen LogP contribution in [0.5, 0.6) is 0 Å². The molecular formula is C15H18BrN5. The van der Waals surface area contributed by atoms with E-state index in [4.69, 9.17) is 5.73 Å². The zero-order valence-corrected chi connectivity index (χ0v) is 13.5. The largest absolute Gasteiger partial charge is 0.397 e. The lowest BCUT2D eigenvalue weighted by Gasteiger charge is -2.36. The molecule has 1 fully saturated rings. The van der Waals surface area contributed by atoms with Gasteiger partial charge < -0.3 is 15.5 Å². The molecule has 1 aliphatic rings. The Balaban J connectivity index is 1.67. The summed E-state index contributed by atoms with van der Waals surface area (Å²) in [7, 11) is 0. The number of halogens is 1. The molecule has 0 unspecified atom stereocenters. The number of aromatic nitrogens is 2. The second-order valence-electron chi connectivity index (χ2n) is 5.22. The van der Waals surface area contributed by atoms with Crippen LogP contribution >= 0.6 is 15.9 Å². The predicted molar refractivity (Wildman–Crippen MR) is 89.7 cm³/mol. The number of nitrogen functional groups attached to an aromatic ring is 1. The molecule has 21 heavy (non-hydrogen) atoms. The van der Waals surface area contributed by atoms with E-state index in [0.29, 0.717) is 5.69 Å². The zero-order chi connectivity index (χ0) is 14.8. The number of aryl methyl sites for hydroxylation is 1. The summed E-state index contributed by atoms with van der Waals surface area (Å²) in [6.45, 7) is 5.85. The van der Waals surface area contributed by atoms with E-state index < -0.39 is 0 Å². The minimum Gasteiger partial charge on any atom is -0.397 e. The second kappa shape index (κ2) is 5.89. The van der Waals surface area contributed by atoms with Crippen LogP contribution < -0.4 is 15.5 Å². The molecule has 1 aliphatic heterocycles. The number of piperazine rings is 1. The maximum atomic E-state index is 5.68. The summed E-state index contributed by atoms with van der Waals surface area (Å²) < 4.78 is 1.05. The predicted octanol–water partition coefficient (Wildman–Crippen LogP) is 2.46. The van der Waals surface area contributed by atoms with E-state index in [1.165, 1.54) is 5.56 Å². The molecule has 3 rings (SSSR count). The van der Waals surface area contributed by atoms with Crippen molar-refractivity contribution in [2.24, 2.45) is 0 Å². The summed E-state index contributed by atoms with van der Waals surface area (Å²) in [5.41, 5.74) is 7.59. The molecule has 0 aromatic carbocycles. The SMILES string of the molecule is Cc1cc(N2CCN(c3ccc(N)cn3)CC2)ncc1Br. The van der Waals surface area contributed by atoms with Crippen molar-refractivity contribution in [1.29, 1.82) is 0 Å². The molecule has 1 saturated heterocycles. The van der Waals surface area contributed by atoms with Crippen LogP contribution in [-0.4, -0.2) is 36.1 Å². The van der Waals surface area contributed by atoms with Crippen molar-refractivity contribution < 1.29 is 0 Å². The van der Waals surface area contributed by atoms with Crippen molar-refractivity contribution in [2.75, 3.05) is 41.7 Å². The van der Waals surface area contributed by atoms with Gasteiger partial charge in [-0.15, -0.1) is 0 Å². The summed E-state index contributed by atoms with van der Waals surface area (Å²) in [5, 5.41) is 0. The quantitative estimate of drug-likeness (QED) is 0.904. The molecule has 0 radical (unpaired) electrons. The molecule has 6 heteroatoms. The lowest BCUT2D eigenvalue weighted by molar-refractivity contribution is 0.641. The third-order valence-electron chi connectivity index (χ3n) is 3.73. The fourth-order valence-corrected chi connectivity index (χ4v) is 2.66. The van der Waals surface area contributed by atoms with Crippen LogP contribution in [0.1, 0.15) is 5.56 Å². The highest BCUT2D eigenvalue weighted by Gasteiger charge is 2.19. The van der Waals surface area contributed by atoms with Crippen LogP contribution in [0, 0.1) is 6.92 Å². The van der Waals surface area contributed by atoms with Gasteiger partial charge in [-0.2, -0.15) is 0 Å². The van der Waals surface area contributed by atoms with Gasteiger partial charge in [0, 0.05) is 36.8 Å². The van der Waals surface area contributed by atoms with Crippen molar-refractivity contribution in [1.82, 2.24) is 9.97 Å². The van der Waals surface area contributed by atoms with E-state index in [9.17, 15) is 0 Å². The molecule has 3 heterocycles. The monoisotopic (exact) mass is 347 g/mol. The number of anilines is 3. The first-order valence-electron chi connectivity index (χ1n) is 6.97. The van der Waals surface area contributed by atoms with Crippen LogP contribution in [0.4, 0.5) is 17.3 Å². The molecule has 0 bridgehead atoms. The minimum atomic E-state index is 0.701. The number of pyridine rings is 2. The summed E-state index contributed by atoms with van der Waals surface area (Å²) in [6, 6.07) is 6.00. The zero-order valence-electron chi connectivity index (χ0n) is 12.0. The summed E-state index contributed by atoms with van der Waals surface area (Å²) in [4.78, 5) is 13.5. The Morgan fingerprint density at radius 1 is 1.00 bits per heavy atom. The van der Waals surface area contributed by atoms with Gasteiger partial charge in [-0.3, -0.25) is 0 Å². The topological polar surface area (TPSA) is 58.3 Å². The van der Waals surface area contributed by atoms with Gasteiger partial charge in [0.1, 0.15) is 11.6 Å². The molecule has 0 aliphatic carbocycles. The van der Waals surface area contributed by atoms with Gasteiger partial charge in [0.25, 0.3) is 0 Å². The van der Waals surface area contributed by atoms with Crippen molar-refractivity contribution in [3.63, 3.8) is 0 Å². The lowest BCUT2D eigenvalue weighted by atomic mass is 10.2. The first-order chi connectivity index (χ1) is 10.1. The molecule has 5 nitrogen and oxygen atoms in total. The molecule has 0 amide bonds. The third-order valence-corrected chi connectivity index (χ3v) is 4.56. The standard InChI is InChI=1S/C15H18BrN5/c1-11-8-15(19-10-13(11)16)21-6-4-20(5-7-21)14-3-2-12(17)9-18-14/h2-3,8-10H,4-7,17H2,1H3. The van der Waals surface area contributed by atoms with Gasteiger partial charge in [0.05, 0.1) is 11.9 Å². The van der Waals surface area contributed by atoms with E-state index in [2.05, 4.69) is 48.7 Å².